The summed E-state index contributed by atoms with van der Waals surface area (Å²) in [5.41, 5.74) is 1.96. The number of nitrogens with zero attached hydrogens (tertiary/aromatic N) is 1. The number of unbranched alkanes of at least 4 members (excludes halogenated alkanes) is 4. The summed E-state index contributed by atoms with van der Waals surface area (Å²) in [6, 6.07) is 11.6. The molecule has 0 amide bonds. The van der Waals surface area contributed by atoms with Crippen LogP contribution in [0, 0.1) is 0 Å². The second-order valence-corrected chi connectivity index (χ2v) is 7.23. The molecule has 0 radical (unpaired) electrons. The van der Waals surface area contributed by atoms with E-state index in [2.05, 4.69) is 18.0 Å². The molecule has 4 nitrogen and oxygen atoms in total. The number of pyridine rings is 1. The van der Waals surface area contributed by atoms with Gasteiger partial charge < -0.3 is 9.84 Å². The van der Waals surface area contributed by atoms with Gasteiger partial charge in [-0.1, -0.05) is 45.6 Å². The first-order valence-electron chi connectivity index (χ1n) is 9.96. The van der Waals surface area contributed by atoms with E-state index in [9.17, 15) is 9.90 Å². The summed E-state index contributed by atoms with van der Waals surface area (Å²) in [6.45, 7) is 5.62. The van der Waals surface area contributed by atoms with Gasteiger partial charge in [-0.2, -0.15) is 0 Å². The second kappa shape index (κ2) is 10.1. The number of aliphatic carboxylic acids is 1. The fraction of sp³-hybridized carbons (Fsp3) is 0.478. The smallest absolute Gasteiger partial charge is 0.347 e. The zero-order valence-electron chi connectivity index (χ0n) is 16.7. The van der Waals surface area contributed by atoms with Gasteiger partial charge in [0.25, 0.3) is 0 Å². The molecule has 0 aliphatic rings. The van der Waals surface area contributed by atoms with Crippen molar-refractivity contribution in [2.24, 2.45) is 0 Å². The standard InChI is InChI=1S/C23H31NO3/c1-4-6-7-8-9-10-18-11-16-21(24-17-18)19-12-14-20(15-13-19)27-23(3,5-2)22(25)26/h11-17H,4-10H2,1-3H3,(H,25,26). The zero-order chi connectivity index (χ0) is 19.7. The number of aryl methyl sites for hydroxylation is 1. The number of carbonyl (C=O) groups is 1. The van der Waals surface area contributed by atoms with E-state index in [4.69, 9.17) is 4.74 Å². The summed E-state index contributed by atoms with van der Waals surface area (Å²) in [5.74, 6) is -0.407. The molecule has 0 bridgehead atoms. The lowest BCUT2D eigenvalue weighted by molar-refractivity contribution is -0.154. The third kappa shape index (κ3) is 6.09. The van der Waals surface area contributed by atoms with E-state index >= 15 is 0 Å². The van der Waals surface area contributed by atoms with Crippen LogP contribution in [0.3, 0.4) is 0 Å². The van der Waals surface area contributed by atoms with Crippen molar-refractivity contribution < 1.29 is 14.6 Å². The Labute approximate surface area is 162 Å². The molecule has 1 atom stereocenters. The highest BCUT2D eigenvalue weighted by Gasteiger charge is 2.33. The number of carboxylic acids is 1. The van der Waals surface area contributed by atoms with Crippen molar-refractivity contribution >= 4 is 5.97 Å². The number of carboxylic acid groups (broad SMARTS) is 1. The third-order valence-electron chi connectivity index (χ3n) is 5.01. The molecule has 4 heteroatoms. The first-order chi connectivity index (χ1) is 13.0. The Morgan fingerprint density at radius 2 is 1.74 bits per heavy atom. The fourth-order valence-corrected chi connectivity index (χ4v) is 2.90. The number of aromatic nitrogens is 1. The molecule has 2 aromatic rings. The third-order valence-corrected chi connectivity index (χ3v) is 5.01. The van der Waals surface area contributed by atoms with Crippen LogP contribution >= 0.6 is 0 Å². The summed E-state index contributed by atoms with van der Waals surface area (Å²) >= 11 is 0. The van der Waals surface area contributed by atoms with Gasteiger partial charge in [-0.05, 0) is 62.1 Å². The molecule has 1 aromatic heterocycles. The molecule has 0 fully saturated rings. The van der Waals surface area contributed by atoms with Gasteiger partial charge in [0, 0.05) is 11.8 Å². The molecule has 0 aliphatic heterocycles. The van der Waals surface area contributed by atoms with Gasteiger partial charge in [0.15, 0.2) is 0 Å². The molecular weight excluding hydrogens is 338 g/mol. The predicted molar refractivity (Wildman–Crippen MR) is 109 cm³/mol. The second-order valence-electron chi connectivity index (χ2n) is 7.23. The SMILES string of the molecule is CCCCCCCc1ccc(-c2ccc(OC(C)(CC)C(=O)O)cc2)nc1. The minimum absolute atomic E-state index is 0.394. The van der Waals surface area contributed by atoms with E-state index in [-0.39, 0.29) is 0 Å². The van der Waals surface area contributed by atoms with Gasteiger partial charge in [-0.25, -0.2) is 4.79 Å². The molecule has 0 saturated carbocycles. The lowest BCUT2D eigenvalue weighted by Crippen LogP contribution is -2.40. The average Bonchev–Trinajstić information content (AvgIpc) is 2.69. The van der Waals surface area contributed by atoms with Crippen molar-refractivity contribution in [3.8, 4) is 17.0 Å². The Kier molecular flexibility index (Phi) is 7.83. The van der Waals surface area contributed by atoms with E-state index in [1.54, 1.807) is 26.0 Å². The lowest BCUT2D eigenvalue weighted by Gasteiger charge is -2.24. The quantitative estimate of drug-likeness (QED) is 0.501. The molecule has 0 spiro atoms. The van der Waals surface area contributed by atoms with Crippen LogP contribution in [-0.4, -0.2) is 21.7 Å². The van der Waals surface area contributed by atoms with E-state index in [1.165, 1.54) is 37.7 Å². The summed E-state index contributed by atoms with van der Waals surface area (Å²) in [4.78, 5) is 15.9. The maximum absolute atomic E-state index is 11.4. The van der Waals surface area contributed by atoms with Crippen LogP contribution in [0.1, 0.15) is 64.9 Å². The highest BCUT2D eigenvalue weighted by molar-refractivity contribution is 5.77. The Morgan fingerprint density at radius 1 is 1.04 bits per heavy atom. The van der Waals surface area contributed by atoms with Gasteiger partial charge in [-0.3, -0.25) is 4.98 Å². The largest absolute Gasteiger partial charge is 0.478 e. The molecule has 146 valence electrons. The first kappa shape index (κ1) is 20.9. The van der Waals surface area contributed by atoms with Crippen molar-refractivity contribution in [1.82, 2.24) is 4.98 Å². The highest BCUT2D eigenvalue weighted by atomic mass is 16.5. The van der Waals surface area contributed by atoms with E-state index in [1.807, 2.05) is 24.4 Å². The number of hydrogen-bond donors (Lipinski definition) is 1. The van der Waals surface area contributed by atoms with Crippen LogP contribution in [0.5, 0.6) is 5.75 Å². The highest BCUT2D eigenvalue weighted by Crippen LogP contribution is 2.25. The lowest BCUT2D eigenvalue weighted by atomic mass is 10.0. The first-order valence-corrected chi connectivity index (χ1v) is 9.96. The van der Waals surface area contributed by atoms with Crippen LogP contribution in [0.25, 0.3) is 11.3 Å². The van der Waals surface area contributed by atoms with Gasteiger partial charge >= 0.3 is 5.97 Å². The van der Waals surface area contributed by atoms with Crippen LogP contribution in [0.4, 0.5) is 0 Å². The predicted octanol–water partition coefficient (Wildman–Crippen LogP) is 5.89. The van der Waals surface area contributed by atoms with E-state index in [0.717, 1.165) is 17.7 Å². The van der Waals surface area contributed by atoms with E-state index in [0.29, 0.717) is 12.2 Å². The van der Waals surface area contributed by atoms with Crippen molar-refractivity contribution in [2.75, 3.05) is 0 Å². The van der Waals surface area contributed by atoms with E-state index < -0.39 is 11.6 Å². The molecule has 1 aromatic carbocycles. The molecule has 0 saturated heterocycles. The van der Waals surface area contributed by atoms with Gasteiger partial charge in [0.05, 0.1) is 5.69 Å². The number of benzene rings is 1. The Balaban J connectivity index is 1.95. The van der Waals surface area contributed by atoms with Crippen LogP contribution in [-0.2, 0) is 11.2 Å². The van der Waals surface area contributed by atoms with Crippen molar-refractivity contribution in [3.63, 3.8) is 0 Å². The maximum Gasteiger partial charge on any atom is 0.347 e. The number of rotatable bonds is 11. The Bertz CT molecular complexity index is 709. The molecule has 2 rings (SSSR count). The van der Waals surface area contributed by atoms with Gasteiger partial charge in [0.2, 0.25) is 5.60 Å². The molecule has 1 heterocycles. The minimum atomic E-state index is -1.21. The van der Waals surface area contributed by atoms with Crippen molar-refractivity contribution in [2.45, 2.75) is 71.3 Å². The van der Waals surface area contributed by atoms with Gasteiger partial charge in [-0.15, -0.1) is 0 Å². The summed E-state index contributed by atoms with van der Waals surface area (Å²) < 4.78 is 5.67. The molecule has 0 aliphatic carbocycles. The topological polar surface area (TPSA) is 59.4 Å². The number of ether oxygens (including phenoxy) is 1. The normalized spacial score (nSPS) is 13.1. The average molecular weight is 370 g/mol. The fourth-order valence-electron chi connectivity index (χ4n) is 2.90. The van der Waals surface area contributed by atoms with Crippen molar-refractivity contribution in [1.29, 1.82) is 0 Å². The molecule has 27 heavy (non-hydrogen) atoms. The molecule has 1 N–H and O–H groups in total. The maximum atomic E-state index is 11.4. The zero-order valence-corrected chi connectivity index (χ0v) is 16.7. The Hall–Kier alpha value is -2.36. The minimum Gasteiger partial charge on any atom is -0.478 e. The Morgan fingerprint density at radius 3 is 2.30 bits per heavy atom. The van der Waals surface area contributed by atoms with Crippen LogP contribution in [0.15, 0.2) is 42.6 Å². The summed E-state index contributed by atoms with van der Waals surface area (Å²) in [6.07, 6.45) is 9.83. The van der Waals surface area contributed by atoms with Gasteiger partial charge in [0.1, 0.15) is 5.75 Å². The summed E-state index contributed by atoms with van der Waals surface area (Å²) in [5, 5.41) is 9.32. The van der Waals surface area contributed by atoms with Crippen molar-refractivity contribution in [3.05, 3.63) is 48.2 Å². The summed E-state index contributed by atoms with van der Waals surface area (Å²) in [7, 11) is 0. The van der Waals surface area contributed by atoms with Crippen LogP contribution in [0.2, 0.25) is 0 Å². The monoisotopic (exact) mass is 369 g/mol. The molecule has 1 unspecified atom stereocenters. The van der Waals surface area contributed by atoms with Crippen LogP contribution < -0.4 is 4.74 Å². The number of hydrogen-bond acceptors (Lipinski definition) is 3. The molecular formula is C23H31NO3.